The topological polar surface area (TPSA) is 35.5 Å². The van der Waals surface area contributed by atoms with Crippen LogP contribution < -0.4 is 9.47 Å². The average molecular weight is 281 g/mol. The smallest absolute Gasteiger partial charge is 0.172 e. The Morgan fingerprint density at radius 1 is 1.21 bits per heavy atom. The highest BCUT2D eigenvalue weighted by Gasteiger charge is 2.13. The first-order valence-corrected chi connectivity index (χ1v) is 5.78. The third kappa shape index (κ3) is 3.03. The van der Waals surface area contributed by atoms with Crippen molar-refractivity contribution in [3.8, 4) is 17.2 Å². The largest absolute Gasteiger partial charge is 0.492 e. The molecule has 0 N–H and O–H groups in total. The first-order valence-electron chi connectivity index (χ1n) is 5.40. The van der Waals surface area contributed by atoms with Crippen LogP contribution in [0.3, 0.4) is 0 Å². The molecule has 0 spiro atoms. The second kappa shape index (κ2) is 5.71. The Hall–Kier alpha value is -2.07. The second-order valence-electron chi connectivity index (χ2n) is 3.70. The number of hydrogen-bond acceptors (Lipinski definition) is 3. The van der Waals surface area contributed by atoms with Gasteiger partial charge < -0.3 is 9.47 Å². The number of halogens is 2. The monoisotopic (exact) mass is 280 g/mol. The molecule has 0 aliphatic rings. The lowest BCUT2D eigenvalue weighted by molar-refractivity contribution is 0.111. The molecule has 2 aromatic carbocycles. The van der Waals surface area contributed by atoms with Crippen LogP contribution in [0.15, 0.2) is 36.4 Å². The number of ether oxygens (including phenoxy) is 2. The molecule has 0 saturated carbocycles. The van der Waals surface area contributed by atoms with Gasteiger partial charge in [0.2, 0.25) is 0 Å². The van der Waals surface area contributed by atoms with E-state index in [0.717, 1.165) is 12.1 Å². The van der Waals surface area contributed by atoms with Gasteiger partial charge in [-0.25, -0.2) is 4.39 Å². The Labute approximate surface area is 114 Å². The maximum atomic E-state index is 13.4. The highest BCUT2D eigenvalue weighted by atomic mass is 35.5. The summed E-state index contributed by atoms with van der Waals surface area (Å²) in [6.45, 7) is 0. The van der Waals surface area contributed by atoms with Gasteiger partial charge in [-0.1, -0.05) is 11.6 Å². The molecule has 0 aromatic heterocycles. The van der Waals surface area contributed by atoms with Gasteiger partial charge in [0.25, 0.3) is 0 Å². The van der Waals surface area contributed by atoms with E-state index in [1.807, 2.05) is 0 Å². The number of benzene rings is 2. The summed E-state index contributed by atoms with van der Waals surface area (Å²) >= 11 is 5.76. The minimum absolute atomic E-state index is 0.0893. The average Bonchev–Trinajstić information content (AvgIpc) is 2.40. The molecular formula is C14H10ClFO3. The van der Waals surface area contributed by atoms with Gasteiger partial charge in [-0.2, -0.15) is 0 Å². The highest BCUT2D eigenvalue weighted by Crippen LogP contribution is 2.35. The molecule has 0 radical (unpaired) electrons. The predicted octanol–water partition coefficient (Wildman–Crippen LogP) is 4.09. The second-order valence-corrected chi connectivity index (χ2v) is 4.14. The summed E-state index contributed by atoms with van der Waals surface area (Å²) in [6, 6.07) is 8.79. The fourth-order valence-corrected chi connectivity index (χ4v) is 1.73. The Morgan fingerprint density at radius 3 is 2.47 bits per heavy atom. The number of methoxy groups -OCH3 is 1. The van der Waals surface area contributed by atoms with Gasteiger partial charge in [0, 0.05) is 11.1 Å². The van der Waals surface area contributed by atoms with Crippen molar-refractivity contribution in [1.29, 1.82) is 0 Å². The summed E-state index contributed by atoms with van der Waals surface area (Å²) in [5.41, 5.74) is 0.0893. The van der Waals surface area contributed by atoms with Crippen LogP contribution in [0.4, 0.5) is 4.39 Å². The van der Waals surface area contributed by atoms with E-state index in [4.69, 9.17) is 21.1 Å². The van der Waals surface area contributed by atoms with Crippen molar-refractivity contribution in [2.45, 2.75) is 0 Å². The van der Waals surface area contributed by atoms with Crippen LogP contribution in [0.1, 0.15) is 10.4 Å². The maximum absolute atomic E-state index is 13.4. The Balaban J connectivity index is 2.41. The zero-order chi connectivity index (χ0) is 13.8. The van der Waals surface area contributed by atoms with Gasteiger partial charge in [-0.15, -0.1) is 0 Å². The van der Waals surface area contributed by atoms with Crippen molar-refractivity contribution >= 4 is 17.9 Å². The minimum atomic E-state index is -0.577. The number of rotatable bonds is 4. The first kappa shape index (κ1) is 13.4. The van der Waals surface area contributed by atoms with E-state index in [1.165, 1.54) is 7.11 Å². The van der Waals surface area contributed by atoms with Gasteiger partial charge in [0.15, 0.2) is 17.8 Å². The fourth-order valence-electron chi connectivity index (χ4n) is 1.60. The highest BCUT2D eigenvalue weighted by molar-refractivity contribution is 6.30. The minimum Gasteiger partial charge on any atom is -0.492 e. The molecule has 2 aromatic rings. The van der Waals surface area contributed by atoms with Gasteiger partial charge in [0.1, 0.15) is 11.6 Å². The van der Waals surface area contributed by atoms with Crippen LogP contribution >= 0.6 is 11.6 Å². The molecule has 0 atom stereocenters. The molecule has 98 valence electrons. The van der Waals surface area contributed by atoms with Crippen molar-refractivity contribution in [2.24, 2.45) is 0 Å². The summed E-state index contributed by atoms with van der Waals surface area (Å²) in [6.07, 6.45) is 0.511. The van der Waals surface area contributed by atoms with Crippen LogP contribution in [0.25, 0.3) is 0 Å². The van der Waals surface area contributed by atoms with Gasteiger partial charge >= 0.3 is 0 Å². The molecule has 0 saturated heterocycles. The van der Waals surface area contributed by atoms with Crippen molar-refractivity contribution < 1.29 is 18.7 Å². The Morgan fingerprint density at radius 2 is 1.89 bits per heavy atom. The van der Waals surface area contributed by atoms with Crippen LogP contribution in [0, 0.1) is 5.82 Å². The summed E-state index contributed by atoms with van der Waals surface area (Å²) in [5.74, 6) is 0.204. The predicted molar refractivity (Wildman–Crippen MR) is 69.9 cm³/mol. The van der Waals surface area contributed by atoms with Gasteiger partial charge in [-0.05, 0) is 30.3 Å². The maximum Gasteiger partial charge on any atom is 0.172 e. The lowest BCUT2D eigenvalue weighted by Crippen LogP contribution is -1.96. The number of aldehydes is 1. The molecule has 5 heteroatoms. The summed E-state index contributed by atoms with van der Waals surface area (Å²) in [4.78, 5) is 10.9. The van der Waals surface area contributed by atoms with E-state index in [9.17, 15) is 9.18 Å². The van der Waals surface area contributed by atoms with E-state index in [-0.39, 0.29) is 17.1 Å². The molecule has 0 aliphatic carbocycles. The van der Waals surface area contributed by atoms with Gasteiger partial charge in [0.05, 0.1) is 12.7 Å². The van der Waals surface area contributed by atoms with Crippen molar-refractivity contribution in [3.63, 3.8) is 0 Å². The van der Waals surface area contributed by atoms with Crippen molar-refractivity contribution in [2.75, 3.05) is 7.11 Å². The summed E-state index contributed by atoms with van der Waals surface area (Å²) in [5, 5.41) is 0.562. The lowest BCUT2D eigenvalue weighted by atomic mass is 10.2. The Bertz CT molecular complexity index is 596. The quantitative estimate of drug-likeness (QED) is 0.791. The van der Waals surface area contributed by atoms with Crippen molar-refractivity contribution in [1.82, 2.24) is 0 Å². The van der Waals surface area contributed by atoms with Gasteiger partial charge in [-0.3, -0.25) is 4.79 Å². The normalized spacial score (nSPS) is 10.1. The van der Waals surface area contributed by atoms with Crippen LogP contribution in [-0.2, 0) is 0 Å². The van der Waals surface area contributed by atoms with E-state index in [2.05, 4.69) is 0 Å². The number of carbonyl (C=O) groups is 1. The zero-order valence-electron chi connectivity index (χ0n) is 10.0. The van der Waals surface area contributed by atoms with Crippen molar-refractivity contribution in [3.05, 3.63) is 52.8 Å². The molecule has 19 heavy (non-hydrogen) atoms. The van der Waals surface area contributed by atoms with Crippen LogP contribution in [0.5, 0.6) is 17.2 Å². The first-order chi connectivity index (χ1) is 9.13. The van der Waals surface area contributed by atoms with Crippen LogP contribution in [-0.4, -0.2) is 13.4 Å². The molecule has 0 fully saturated rings. The van der Waals surface area contributed by atoms with E-state index in [1.54, 1.807) is 24.3 Å². The standard InChI is InChI=1S/C14H10ClFO3/c1-18-14-9(8-17)6-11(16)7-13(14)19-12-4-2-10(15)3-5-12/h2-8H,1H3. The zero-order valence-corrected chi connectivity index (χ0v) is 10.8. The van der Waals surface area contributed by atoms with E-state index >= 15 is 0 Å². The summed E-state index contributed by atoms with van der Waals surface area (Å²) < 4.78 is 23.9. The fraction of sp³-hybridized carbons (Fsp3) is 0.0714. The molecule has 0 heterocycles. The molecule has 0 unspecified atom stereocenters. The molecule has 0 bridgehead atoms. The number of carbonyl (C=O) groups excluding carboxylic acids is 1. The molecule has 3 nitrogen and oxygen atoms in total. The molecular weight excluding hydrogens is 271 g/mol. The molecule has 0 amide bonds. The van der Waals surface area contributed by atoms with E-state index < -0.39 is 5.82 Å². The SMILES string of the molecule is COc1c(C=O)cc(F)cc1Oc1ccc(Cl)cc1. The third-order valence-electron chi connectivity index (χ3n) is 2.42. The molecule has 2 rings (SSSR count). The third-order valence-corrected chi connectivity index (χ3v) is 2.67. The Kier molecular flexibility index (Phi) is 4.02. The van der Waals surface area contributed by atoms with Crippen LogP contribution in [0.2, 0.25) is 5.02 Å². The summed E-state index contributed by atoms with van der Waals surface area (Å²) in [7, 11) is 1.38. The number of hydrogen-bond donors (Lipinski definition) is 0. The molecule has 0 aliphatic heterocycles. The van der Waals surface area contributed by atoms with E-state index in [0.29, 0.717) is 17.1 Å². The lowest BCUT2D eigenvalue weighted by Gasteiger charge is -2.12.